The smallest absolute Gasteiger partial charge is 0.304 e. The van der Waals surface area contributed by atoms with Crippen molar-refractivity contribution in [3.8, 4) is 0 Å². The van der Waals surface area contributed by atoms with E-state index in [0.717, 1.165) is 16.7 Å². The number of benzene rings is 1. The zero-order valence-electron chi connectivity index (χ0n) is 12.8. The molecule has 6 heteroatoms. The van der Waals surface area contributed by atoms with Gasteiger partial charge in [0.2, 0.25) is 0 Å². The van der Waals surface area contributed by atoms with Gasteiger partial charge in [0.15, 0.2) is 0 Å². The molecule has 4 nitrogen and oxygen atoms in total. The first-order chi connectivity index (χ1) is 10.3. The summed E-state index contributed by atoms with van der Waals surface area (Å²) in [5.74, 6) is 0.0170. The molecule has 0 unspecified atom stereocenters. The lowest BCUT2D eigenvalue weighted by Gasteiger charge is -2.30. The quantitative estimate of drug-likeness (QED) is 0.599. The van der Waals surface area contributed by atoms with Gasteiger partial charge >= 0.3 is 5.97 Å². The van der Waals surface area contributed by atoms with Crippen LogP contribution in [-0.4, -0.2) is 28.9 Å². The second-order valence-electron chi connectivity index (χ2n) is 5.74. The van der Waals surface area contributed by atoms with E-state index in [9.17, 15) is 4.79 Å². The highest BCUT2D eigenvalue weighted by molar-refractivity contribution is 6.18. The van der Waals surface area contributed by atoms with E-state index >= 15 is 0 Å². The maximum absolute atomic E-state index is 10.8. The normalized spacial score (nSPS) is 13.1. The first kappa shape index (κ1) is 19.2. The number of hydrogen-bond acceptors (Lipinski definition) is 3. The summed E-state index contributed by atoms with van der Waals surface area (Å²) in [5, 5.41) is 8.83. The minimum Gasteiger partial charge on any atom is -0.481 e. The second-order valence-corrected chi connectivity index (χ2v) is 6.49. The Kier molecular flexibility index (Phi) is 7.63. The standard InChI is InChI=1S/C16H24Cl2N2O2/c1-11-2-3-13(16(20,4-6-17)5-7-18)8-12(11)9-14(19)10-15(21)22/h2-3,8,14H,4-7,9-10,19-20H2,1H3,(H,21,22)/t14-/m0/s1. The Bertz CT molecular complexity index is 503. The molecule has 1 aromatic rings. The van der Waals surface area contributed by atoms with Crippen LogP contribution in [0.15, 0.2) is 18.2 Å². The lowest BCUT2D eigenvalue weighted by Crippen LogP contribution is -2.38. The summed E-state index contributed by atoms with van der Waals surface area (Å²) in [7, 11) is 0. The van der Waals surface area contributed by atoms with Crippen molar-refractivity contribution in [2.75, 3.05) is 11.8 Å². The highest BCUT2D eigenvalue weighted by Gasteiger charge is 2.26. The Morgan fingerprint density at radius 1 is 1.32 bits per heavy atom. The number of aryl methyl sites for hydroxylation is 1. The molecule has 5 N–H and O–H groups in total. The van der Waals surface area contributed by atoms with E-state index in [4.69, 9.17) is 39.8 Å². The summed E-state index contributed by atoms with van der Waals surface area (Å²) in [5.41, 5.74) is 14.9. The molecule has 0 amide bonds. The van der Waals surface area contributed by atoms with Gasteiger partial charge in [-0.3, -0.25) is 4.79 Å². The van der Waals surface area contributed by atoms with E-state index in [1.54, 1.807) is 0 Å². The Morgan fingerprint density at radius 2 is 1.91 bits per heavy atom. The Balaban J connectivity index is 3.03. The molecule has 0 spiro atoms. The molecule has 0 fully saturated rings. The van der Waals surface area contributed by atoms with E-state index in [-0.39, 0.29) is 6.42 Å². The molecular formula is C16H24Cl2N2O2. The zero-order valence-corrected chi connectivity index (χ0v) is 14.3. The molecule has 0 aromatic heterocycles. The van der Waals surface area contributed by atoms with Crippen LogP contribution in [0.4, 0.5) is 0 Å². The van der Waals surface area contributed by atoms with Crippen molar-refractivity contribution in [3.05, 3.63) is 34.9 Å². The molecule has 0 bridgehead atoms. The number of halogens is 2. The van der Waals surface area contributed by atoms with Crippen LogP contribution in [0.25, 0.3) is 0 Å². The van der Waals surface area contributed by atoms with Gasteiger partial charge in [0.25, 0.3) is 0 Å². The number of carbonyl (C=O) groups is 1. The number of aliphatic carboxylic acids is 1. The van der Waals surface area contributed by atoms with Crippen LogP contribution < -0.4 is 11.5 Å². The van der Waals surface area contributed by atoms with Gasteiger partial charge in [0, 0.05) is 23.3 Å². The van der Waals surface area contributed by atoms with Crippen molar-refractivity contribution in [1.29, 1.82) is 0 Å². The number of carboxylic acids is 1. The molecule has 1 atom stereocenters. The van der Waals surface area contributed by atoms with Crippen molar-refractivity contribution in [3.63, 3.8) is 0 Å². The van der Waals surface area contributed by atoms with E-state index in [1.807, 2.05) is 25.1 Å². The van der Waals surface area contributed by atoms with Gasteiger partial charge in [0.05, 0.1) is 6.42 Å². The highest BCUT2D eigenvalue weighted by atomic mass is 35.5. The van der Waals surface area contributed by atoms with Gasteiger partial charge in [-0.15, -0.1) is 23.2 Å². The van der Waals surface area contributed by atoms with Crippen molar-refractivity contribution >= 4 is 29.2 Å². The fraction of sp³-hybridized carbons (Fsp3) is 0.562. The molecule has 0 saturated carbocycles. The van der Waals surface area contributed by atoms with E-state index < -0.39 is 17.6 Å². The Morgan fingerprint density at radius 3 is 2.41 bits per heavy atom. The molecule has 0 saturated heterocycles. The molecule has 124 valence electrons. The second kappa shape index (κ2) is 8.73. The number of alkyl halides is 2. The van der Waals surface area contributed by atoms with Gasteiger partial charge < -0.3 is 16.6 Å². The fourth-order valence-electron chi connectivity index (χ4n) is 2.53. The summed E-state index contributed by atoms with van der Waals surface area (Å²) in [4.78, 5) is 10.8. The van der Waals surface area contributed by atoms with E-state index in [0.29, 0.717) is 31.0 Å². The van der Waals surface area contributed by atoms with Gasteiger partial charge in [-0.25, -0.2) is 0 Å². The van der Waals surface area contributed by atoms with Crippen molar-refractivity contribution in [2.45, 2.75) is 44.2 Å². The highest BCUT2D eigenvalue weighted by Crippen LogP contribution is 2.29. The molecule has 0 heterocycles. The number of hydrogen-bond donors (Lipinski definition) is 3. The summed E-state index contributed by atoms with van der Waals surface area (Å²) in [6, 6.07) is 5.57. The summed E-state index contributed by atoms with van der Waals surface area (Å²) >= 11 is 11.8. The maximum Gasteiger partial charge on any atom is 0.304 e. The predicted molar refractivity (Wildman–Crippen MR) is 91.7 cm³/mol. The van der Waals surface area contributed by atoms with Crippen LogP contribution in [0.3, 0.4) is 0 Å². The van der Waals surface area contributed by atoms with Crippen LogP contribution in [-0.2, 0) is 16.8 Å². The van der Waals surface area contributed by atoms with Crippen LogP contribution in [0.5, 0.6) is 0 Å². The average molecular weight is 347 g/mol. The maximum atomic E-state index is 10.8. The third-order valence-corrected chi connectivity index (χ3v) is 4.30. The monoisotopic (exact) mass is 346 g/mol. The molecule has 1 rings (SSSR count). The number of nitrogens with two attached hydrogens (primary N) is 2. The Hall–Kier alpha value is -0.810. The molecule has 0 radical (unpaired) electrons. The van der Waals surface area contributed by atoms with Crippen molar-refractivity contribution in [1.82, 2.24) is 0 Å². The first-order valence-corrected chi connectivity index (χ1v) is 8.37. The molecule has 22 heavy (non-hydrogen) atoms. The lowest BCUT2D eigenvalue weighted by atomic mass is 9.83. The topological polar surface area (TPSA) is 89.3 Å². The van der Waals surface area contributed by atoms with Gasteiger partial charge in [0.1, 0.15) is 0 Å². The molecule has 0 aliphatic rings. The SMILES string of the molecule is Cc1ccc(C(N)(CCCl)CCCl)cc1C[C@H](N)CC(=O)O. The Labute approximate surface area is 141 Å². The zero-order chi connectivity index (χ0) is 16.8. The molecular weight excluding hydrogens is 323 g/mol. The third kappa shape index (κ3) is 5.43. The molecule has 0 aliphatic carbocycles. The van der Waals surface area contributed by atoms with Gasteiger partial charge in [-0.2, -0.15) is 0 Å². The third-order valence-electron chi connectivity index (χ3n) is 3.92. The lowest BCUT2D eigenvalue weighted by molar-refractivity contribution is -0.137. The largest absolute Gasteiger partial charge is 0.481 e. The minimum absolute atomic E-state index is 0.0548. The van der Waals surface area contributed by atoms with Gasteiger partial charge in [-0.1, -0.05) is 18.2 Å². The van der Waals surface area contributed by atoms with Crippen molar-refractivity contribution in [2.24, 2.45) is 11.5 Å². The van der Waals surface area contributed by atoms with Crippen LogP contribution >= 0.6 is 23.2 Å². The van der Waals surface area contributed by atoms with Crippen molar-refractivity contribution < 1.29 is 9.90 Å². The molecule has 1 aromatic carbocycles. The van der Waals surface area contributed by atoms with Crippen LogP contribution in [0.2, 0.25) is 0 Å². The van der Waals surface area contributed by atoms with Gasteiger partial charge in [-0.05, 0) is 42.9 Å². The fourth-order valence-corrected chi connectivity index (χ4v) is 3.21. The number of rotatable bonds is 9. The summed E-state index contributed by atoms with van der Waals surface area (Å²) < 4.78 is 0. The van der Waals surface area contributed by atoms with E-state index in [2.05, 4.69) is 0 Å². The predicted octanol–water partition coefficient (Wildman–Crippen LogP) is 2.75. The first-order valence-electron chi connectivity index (χ1n) is 7.30. The van der Waals surface area contributed by atoms with Crippen LogP contribution in [0.1, 0.15) is 36.0 Å². The summed E-state index contributed by atoms with van der Waals surface area (Å²) in [6.07, 6.45) is 1.71. The average Bonchev–Trinajstić information content (AvgIpc) is 2.40. The minimum atomic E-state index is -0.890. The number of carboxylic acid groups (broad SMARTS) is 1. The van der Waals surface area contributed by atoms with Crippen LogP contribution in [0, 0.1) is 6.92 Å². The van der Waals surface area contributed by atoms with E-state index in [1.165, 1.54) is 0 Å². The summed E-state index contributed by atoms with van der Waals surface area (Å²) in [6.45, 7) is 1.98. The molecule has 0 aliphatic heterocycles.